The van der Waals surface area contributed by atoms with E-state index in [1.165, 1.54) is 187 Å². The van der Waals surface area contributed by atoms with Crippen LogP contribution in [0, 0.1) is 13.8 Å². The van der Waals surface area contributed by atoms with Gasteiger partial charge in [0.2, 0.25) is 0 Å². The molecule has 3 aromatic carbocycles. The molecule has 0 fully saturated rings. The molecule has 0 saturated heterocycles. The Bertz CT molecular complexity index is 2270. The van der Waals surface area contributed by atoms with Gasteiger partial charge in [-0.25, -0.2) is 0 Å². The summed E-state index contributed by atoms with van der Waals surface area (Å²) in [7, 11) is 0. The van der Waals surface area contributed by atoms with Crippen LogP contribution in [-0.4, -0.2) is 19.8 Å². The molecule has 0 bridgehead atoms. The molecule has 7 rings (SSSR count). The normalized spacial score (nSPS) is 12.0. The number of rotatable bonds is 27. The molecule has 0 unspecified atom stereocenters. The highest BCUT2D eigenvalue weighted by molar-refractivity contribution is 7.31. The average molecular weight is 869 g/mol. The van der Waals surface area contributed by atoms with Crippen molar-refractivity contribution in [3.05, 3.63) is 52.2 Å². The van der Waals surface area contributed by atoms with Crippen LogP contribution in [0.3, 0.4) is 0 Å². The number of benzene rings is 3. The van der Waals surface area contributed by atoms with E-state index < -0.39 is 0 Å². The van der Waals surface area contributed by atoms with Crippen molar-refractivity contribution < 1.29 is 14.2 Å². The fourth-order valence-corrected chi connectivity index (χ4v) is 13.4. The summed E-state index contributed by atoms with van der Waals surface area (Å²) in [6.07, 6.45) is 26.4. The van der Waals surface area contributed by atoms with Crippen LogP contribution in [-0.2, 0) is 0 Å². The van der Waals surface area contributed by atoms with Crippen molar-refractivity contribution in [1.82, 2.24) is 0 Å². The van der Waals surface area contributed by atoms with E-state index in [1.807, 2.05) is 34.0 Å². The molecule has 318 valence electrons. The van der Waals surface area contributed by atoms with Crippen LogP contribution < -0.4 is 14.2 Å². The van der Waals surface area contributed by atoms with Gasteiger partial charge in [-0.05, 0) is 80.8 Å². The molecule has 0 aliphatic rings. The van der Waals surface area contributed by atoms with Gasteiger partial charge in [-0.15, -0.1) is 34.0 Å². The lowest BCUT2D eigenvalue weighted by atomic mass is 9.98. The monoisotopic (exact) mass is 868 g/mol. The molecule has 0 spiro atoms. The molecular formula is C52H68O3S4. The quantitative estimate of drug-likeness (QED) is 0.0381. The molecule has 3 nitrogen and oxygen atoms in total. The zero-order chi connectivity index (χ0) is 41.0. The van der Waals surface area contributed by atoms with Gasteiger partial charge in [0, 0.05) is 57.0 Å². The van der Waals surface area contributed by atoms with Gasteiger partial charge in [-0.3, -0.25) is 0 Å². The van der Waals surface area contributed by atoms with E-state index in [4.69, 9.17) is 14.2 Å². The molecule has 0 amide bonds. The van der Waals surface area contributed by atoms with Gasteiger partial charge in [-0.1, -0.05) is 141 Å². The molecule has 7 aromatic rings. The Labute approximate surface area is 370 Å². The van der Waals surface area contributed by atoms with E-state index in [0.29, 0.717) is 6.61 Å². The molecule has 4 aromatic heterocycles. The van der Waals surface area contributed by atoms with E-state index in [0.717, 1.165) is 42.6 Å². The molecule has 59 heavy (non-hydrogen) atoms. The molecule has 0 aliphatic heterocycles. The van der Waals surface area contributed by atoms with Gasteiger partial charge < -0.3 is 14.2 Å². The van der Waals surface area contributed by atoms with Crippen molar-refractivity contribution in [2.75, 3.05) is 19.8 Å². The summed E-state index contributed by atoms with van der Waals surface area (Å²) in [6.45, 7) is 13.3. The highest BCUT2D eigenvalue weighted by Gasteiger charge is 2.22. The summed E-state index contributed by atoms with van der Waals surface area (Å²) in [5.74, 6) is 2.04. The van der Waals surface area contributed by atoms with Crippen LogP contribution in [0.4, 0.5) is 0 Å². The second-order valence-corrected chi connectivity index (χ2v) is 21.4. The number of ether oxygens (including phenoxy) is 3. The highest BCUT2D eigenvalue weighted by Crippen LogP contribution is 2.51. The first kappa shape index (κ1) is 44.2. The van der Waals surface area contributed by atoms with Crippen molar-refractivity contribution >= 4 is 97.2 Å². The van der Waals surface area contributed by atoms with E-state index in [-0.39, 0.29) is 0 Å². The number of unbranched alkanes of at least 4 members (excludes halogenated alkanes) is 18. The Balaban J connectivity index is 1.18. The summed E-state index contributed by atoms with van der Waals surface area (Å²) in [5.41, 5.74) is 0. The van der Waals surface area contributed by atoms with E-state index in [1.54, 1.807) is 11.3 Å². The topological polar surface area (TPSA) is 27.7 Å². The summed E-state index contributed by atoms with van der Waals surface area (Å²) in [4.78, 5) is 5.37. The summed E-state index contributed by atoms with van der Waals surface area (Å²) in [5, 5.41) is 9.63. The van der Waals surface area contributed by atoms with Crippen molar-refractivity contribution in [1.29, 1.82) is 0 Å². The Hall–Kier alpha value is -2.84. The Kier molecular flexibility index (Phi) is 16.7. The maximum Gasteiger partial charge on any atom is 0.174 e. The van der Waals surface area contributed by atoms with Crippen LogP contribution in [0.15, 0.2) is 42.5 Å². The SMILES string of the molecule is CCCCCCCCCCCCOc1c2cc3cc(-c4sc(C)c5cc(OCC)sc45)sc3cc2c(OCCCCCCCCCCCC)c2cc3cc(C)sc3cc12. The van der Waals surface area contributed by atoms with Gasteiger partial charge in [0.05, 0.1) is 29.4 Å². The zero-order valence-corrected chi connectivity index (χ0v) is 39.9. The number of aryl methyl sites for hydroxylation is 2. The minimum Gasteiger partial charge on any atom is -0.492 e. The van der Waals surface area contributed by atoms with Gasteiger partial charge in [0.1, 0.15) is 11.5 Å². The first-order valence-electron chi connectivity index (χ1n) is 23.3. The predicted molar refractivity (Wildman–Crippen MR) is 266 cm³/mol. The first-order valence-corrected chi connectivity index (χ1v) is 26.5. The van der Waals surface area contributed by atoms with Crippen molar-refractivity contribution in [3.63, 3.8) is 0 Å². The van der Waals surface area contributed by atoms with Crippen LogP contribution >= 0.6 is 45.3 Å². The lowest BCUT2D eigenvalue weighted by Gasteiger charge is -2.19. The third kappa shape index (κ3) is 11.2. The van der Waals surface area contributed by atoms with Crippen LogP contribution in [0.5, 0.6) is 16.6 Å². The Morgan fingerprint density at radius 1 is 0.424 bits per heavy atom. The van der Waals surface area contributed by atoms with E-state index in [2.05, 4.69) is 77.1 Å². The Morgan fingerprint density at radius 3 is 1.42 bits per heavy atom. The number of hydrogen-bond donors (Lipinski definition) is 0. The lowest BCUT2D eigenvalue weighted by Crippen LogP contribution is -2.02. The first-order chi connectivity index (χ1) is 29.0. The minimum absolute atomic E-state index is 0.690. The summed E-state index contributed by atoms with van der Waals surface area (Å²) >= 11 is 7.48. The molecule has 0 atom stereocenters. The second kappa shape index (κ2) is 22.3. The summed E-state index contributed by atoms with van der Waals surface area (Å²) < 4.78 is 23.9. The summed E-state index contributed by atoms with van der Waals surface area (Å²) in [6, 6.07) is 16.6. The lowest BCUT2D eigenvalue weighted by molar-refractivity contribution is 0.306. The van der Waals surface area contributed by atoms with Crippen molar-refractivity contribution in [2.24, 2.45) is 0 Å². The number of thiophene rings is 4. The van der Waals surface area contributed by atoms with Gasteiger partial charge >= 0.3 is 0 Å². The largest absolute Gasteiger partial charge is 0.492 e. The van der Waals surface area contributed by atoms with E-state index in [9.17, 15) is 0 Å². The molecule has 0 aliphatic carbocycles. The van der Waals surface area contributed by atoms with Crippen molar-refractivity contribution in [2.45, 2.75) is 163 Å². The maximum atomic E-state index is 7.00. The fraction of sp³-hybridized carbons (Fsp3) is 0.538. The average Bonchev–Trinajstić information content (AvgIpc) is 4.01. The molecule has 4 heterocycles. The van der Waals surface area contributed by atoms with Gasteiger partial charge in [0.15, 0.2) is 5.06 Å². The number of fused-ring (bicyclic) bond motifs is 5. The van der Waals surface area contributed by atoms with Gasteiger partial charge in [0.25, 0.3) is 0 Å². The van der Waals surface area contributed by atoms with E-state index >= 15 is 0 Å². The third-order valence-corrected chi connectivity index (χ3v) is 16.6. The second-order valence-electron chi connectivity index (χ2n) is 16.8. The highest BCUT2D eigenvalue weighted by atomic mass is 32.1. The zero-order valence-electron chi connectivity index (χ0n) is 36.7. The maximum absolute atomic E-state index is 7.00. The molecule has 0 radical (unpaired) electrons. The number of hydrogen-bond acceptors (Lipinski definition) is 7. The van der Waals surface area contributed by atoms with Gasteiger partial charge in [-0.2, -0.15) is 0 Å². The van der Waals surface area contributed by atoms with Crippen LogP contribution in [0.25, 0.3) is 61.6 Å². The molecular weight excluding hydrogens is 801 g/mol. The predicted octanol–water partition coefficient (Wildman–Crippen LogP) is 19.0. The standard InChI is InChI=1S/C52H68O3S4/c1-6-9-11-13-15-17-19-21-23-25-27-54-49-41-30-38-29-36(4)56-45(38)33-43(41)50(55-28-26-24-22-20-18-16-14-12-10-7-2)42-31-39-32-47(58-46(39)34-44(42)49)52-51-40(37(5)57-52)35-48(59-51)53-8-3/h29-35H,6-28H2,1-5H3. The Morgan fingerprint density at radius 2 is 0.898 bits per heavy atom. The smallest absolute Gasteiger partial charge is 0.174 e. The van der Waals surface area contributed by atoms with Crippen LogP contribution in [0.1, 0.15) is 159 Å². The fourth-order valence-electron chi connectivity index (χ4n) is 8.73. The molecule has 0 saturated carbocycles. The molecule has 0 N–H and O–H groups in total. The third-order valence-electron chi connectivity index (χ3n) is 12.0. The van der Waals surface area contributed by atoms with Crippen molar-refractivity contribution in [3.8, 4) is 26.3 Å². The minimum atomic E-state index is 0.690. The molecule has 7 heteroatoms. The van der Waals surface area contributed by atoms with Crippen LogP contribution in [0.2, 0.25) is 0 Å².